The third-order valence-electron chi connectivity index (χ3n) is 5.74. The second-order valence-electron chi connectivity index (χ2n) is 8.16. The molecule has 0 saturated carbocycles. The Kier molecular flexibility index (Phi) is 9.97. The van der Waals surface area contributed by atoms with Gasteiger partial charge < -0.3 is 19.5 Å². The second-order valence-corrected chi connectivity index (χ2v) is 8.16. The lowest BCUT2D eigenvalue weighted by Gasteiger charge is -2.22. The molecule has 1 N–H and O–H groups in total. The quantitative estimate of drug-likeness (QED) is 0.427. The summed E-state index contributed by atoms with van der Waals surface area (Å²) in [5, 5.41) is 12.0. The number of ether oxygens (including phenoxy) is 3. The fourth-order valence-corrected chi connectivity index (χ4v) is 4.05. The minimum absolute atomic E-state index is 0. The number of carbonyl (C=O) groups is 1. The lowest BCUT2D eigenvalue weighted by atomic mass is 10.2. The number of amides is 1. The number of nitrogens with one attached hydrogen (secondary N) is 1. The van der Waals surface area contributed by atoms with E-state index >= 15 is 0 Å². The highest BCUT2D eigenvalue weighted by Gasteiger charge is 2.23. The van der Waals surface area contributed by atoms with Crippen LogP contribution in [0.2, 0.25) is 0 Å². The van der Waals surface area contributed by atoms with Crippen LogP contribution in [0.3, 0.4) is 0 Å². The number of methoxy groups -OCH3 is 3. The van der Waals surface area contributed by atoms with Crippen LogP contribution in [0.5, 0.6) is 17.5 Å². The van der Waals surface area contributed by atoms with Gasteiger partial charge in [-0.05, 0) is 31.5 Å². The fourth-order valence-electron chi connectivity index (χ4n) is 4.05. The first-order chi connectivity index (χ1) is 16.3. The minimum Gasteiger partial charge on any atom is -0.497 e. The molecule has 1 amide bonds. The monoisotopic (exact) mass is 506 g/mol. The summed E-state index contributed by atoms with van der Waals surface area (Å²) in [6.07, 6.45) is 0. The van der Waals surface area contributed by atoms with Crippen LogP contribution in [0.4, 0.5) is 0 Å². The van der Waals surface area contributed by atoms with E-state index in [9.17, 15) is 4.79 Å². The highest BCUT2D eigenvalue weighted by atomic mass is 35.5. The maximum atomic E-state index is 12.9. The van der Waals surface area contributed by atoms with Crippen molar-refractivity contribution in [2.45, 2.75) is 33.5 Å². The summed E-state index contributed by atoms with van der Waals surface area (Å²) in [4.78, 5) is 15.0. The smallest absolute Gasteiger partial charge is 0.234 e. The Morgan fingerprint density at radius 2 is 1.37 bits per heavy atom. The molecule has 3 rings (SSSR count). The van der Waals surface area contributed by atoms with Crippen LogP contribution in [-0.2, 0) is 38.5 Å². The van der Waals surface area contributed by atoms with Crippen LogP contribution in [0.1, 0.15) is 28.1 Å². The van der Waals surface area contributed by atoms with Crippen molar-refractivity contribution in [2.75, 3.05) is 27.9 Å². The SMILES string of the molecule is COc1ccc(CNC(=O)CN(Cc2c(C)nn(C)c2OC)Cc2c(C)nn(C)c2OC)cc1.Cl. The van der Waals surface area contributed by atoms with Gasteiger partial charge in [-0.2, -0.15) is 10.2 Å². The number of hydrogen-bond donors (Lipinski definition) is 1. The molecule has 0 unspecified atom stereocenters. The van der Waals surface area contributed by atoms with Crippen molar-refractivity contribution < 1.29 is 19.0 Å². The Labute approximate surface area is 212 Å². The third-order valence-corrected chi connectivity index (χ3v) is 5.74. The van der Waals surface area contributed by atoms with E-state index in [1.807, 2.05) is 57.1 Å². The van der Waals surface area contributed by atoms with E-state index < -0.39 is 0 Å². The largest absolute Gasteiger partial charge is 0.497 e. The number of halogens is 1. The van der Waals surface area contributed by atoms with Crippen LogP contribution in [0.25, 0.3) is 0 Å². The number of benzene rings is 1. The van der Waals surface area contributed by atoms with Gasteiger partial charge in [0.25, 0.3) is 0 Å². The maximum absolute atomic E-state index is 12.9. The van der Waals surface area contributed by atoms with E-state index in [1.165, 1.54) is 0 Å². The van der Waals surface area contributed by atoms with Gasteiger partial charge in [-0.25, -0.2) is 9.36 Å². The molecule has 0 aliphatic rings. The van der Waals surface area contributed by atoms with Crippen molar-refractivity contribution in [2.24, 2.45) is 14.1 Å². The summed E-state index contributed by atoms with van der Waals surface area (Å²) in [6.45, 7) is 5.46. The Hall–Kier alpha value is -3.24. The molecule has 0 radical (unpaired) electrons. The molecule has 11 heteroatoms. The molecule has 0 atom stereocenters. The van der Waals surface area contributed by atoms with Crippen molar-refractivity contribution in [1.29, 1.82) is 0 Å². The molecule has 0 saturated heterocycles. The van der Waals surface area contributed by atoms with Gasteiger partial charge in [0.1, 0.15) is 5.75 Å². The average Bonchev–Trinajstić information content (AvgIpc) is 3.24. The zero-order valence-electron chi connectivity index (χ0n) is 21.4. The summed E-state index contributed by atoms with van der Waals surface area (Å²) < 4.78 is 19.8. The topological polar surface area (TPSA) is 95.7 Å². The van der Waals surface area contributed by atoms with Gasteiger partial charge in [-0.3, -0.25) is 9.69 Å². The van der Waals surface area contributed by atoms with Crippen molar-refractivity contribution >= 4 is 18.3 Å². The molecule has 0 spiro atoms. The highest BCUT2D eigenvalue weighted by molar-refractivity contribution is 5.85. The molecule has 2 aromatic heterocycles. The highest BCUT2D eigenvalue weighted by Crippen LogP contribution is 2.27. The van der Waals surface area contributed by atoms with Crippen molar-refractivity contribution in [3.05, 3.63) is 52.3 Å². The van der Waals surface area contributed by atoms with Gasteiger partial charge in [-0.15, -0.1) is 12.4 Å². The number of rotatable bonds is 11. The standard InChI is InChI=1S/C24H34N6O4.ClH/c1-16-20(23(33-6)28(3)26-16)13-30(14-21-17(2)27-29(4)24(21)34-7)15-22(31)25-12-18-8-10-19(32-5)11-9-18;/h8-11H,12-15H2,1-7H3,(H,25,31);1H. The average molecular weight is 507 g/mol. The molecule has 3 aromatic rings. The van der Waals surface area contributed by atoms with Gasteiger partial charge in [0.15, 0.2) is 0 Å². The van der Waals surface area contributed by atoms with Crippen LogP contribution < -0.4 is 19.5 Å². The summed E-state index contributed by atoms with van der Waals surface area (Å²) in [6, 6.07) is 7.63. The van der Waals surface area contributed by atoms with Crippen molar-refractivity contribution in [3.63, 3.8) is 0 Å². The zero-order chi connectivity index (χ0) is 24.8. The van der Waals surface area contributed by atoms with E-state index in [-0.39, 0.29) is 24.9 Å². The van der Waals surface area contributed by atoms with Crippen LogP contribution in [-0.4, -0.2) is 58.2 Å². The predicted octanol–water partition coefficient (Wildman–Crippen LogP) is 2.54. The van der Waals surface area contributed by atoms with Gasteiger partial charge in [0.05, 0.1) is 50.4 Å². The molecular formula is C24H35ClN6O4. The molecule has 0 aliphatic heterocycles. The molecule has 192 valence electrons. The van der Waals surface area contributed by atoms with Crippen LogP contribution in [0.15, 0.2) is 24.3 Å². The first kappa shape index (κ1) is 28.0. The van der Waals surface area contributed by atoms with E-state index in [4.69, 9.17) is 14.2 Å². The molecule has 0 fully saturated rings. The predicted molar refractivity (Wildman–Crippen MR) is 135 cm³/mol. The third kappa shape index (κ3) is 6.67. The Morgan fingerprint density at radius 1 is 0.886 bits per heavy atom. The first-order valence-electron chi connectivity index (χ1n) is 11.0. The minimum atomic E-state index is -0.0863. The Bertz CT molecular complexity index is 1070. The zero-order valence-corrected chi connectivity index (χ0v) is 22.2. The molecule has 0 aliphatic carbocycles. The lowest BCUT2D eigenvalue weighted by Crippen LogP contribution is -2.36. The maximum Gasteiger partial charge on any atom is 0.234 e. The van der Waals surface area contributed by atoms with E-state index in [1.54, 1.807) is 30.7 Å². The number of carbonyl (C=O) groups excluding carboxylic acids is 1. The van der Waals surface area contributed by atoms with Crippen LogP contribution in [0, 0.1) is 13.8 Å². The summed E-state index contributed by atoms with van der Waals surface area (Å²) >= 11 is 0. The fraction of sp³-hybridized carbons (Fsp3) is 0.458. The van der Waals surface area contributed by atoms with E-state index in [2.05, 4.69) is 15.5 Å². The Balaban J connectivity index is 0.00000432. The van der Waals surface area contributed by atoms with Crippen molar-refractivity contribution in [1.82, 2.24) is 29.8 Å². The number of aromatic nitrogens is 4. The van der Waals surface area contributed by atoms with Gasteiger partial charge in [0, 0.05) is 33.7 Å². The van der Waals surface area contributed by atoms with E-state index in [0.717, 1.165) is 33.8 Å². The van der Waals surface area contributed by atoms with Gasteiger partial charge >= 0.3 is 0 Å². The van der Waals surface area contributed by atoms with E-state index in [0.29, 0.717) is 31.4 Å². The summed E-state index contributed by atoms with van der Waals surface area (Å²) in [5.41, 5.74) is 4.59. The lowest BCUT2D eigenvalue weighted by molar-refractivity contribution is -0.122. The number of aryl methyl sites for hydroxylation is 4. The van der Waals surface area contributed by atoms with Crippen molar-refractivity contribution in [3.8, 4) is 17.5 Å². The van der Waals surface area contributed by atoms with Gasteiger partial charge in [-0.1, -0.05) is 12.1 Å². The number of hydrogen-bond acceptors (Lipinski definition) is 7. The molecule has 2 heterocycles. The second kappa shape index (κ2) is 12.5. The molecule has 1 aromatic carbocycles. The summed E-state index contributed by atoms with van der Waals surface area (Å²) in [7, 11) is 8.56. The normalized spacial score (nSPS) is 10.7. The number of nitrogens with zero attached hydrogens (tertiary/aromatic N) is 5. The molecule has 35 heavy (non-hydrogen) atoms. The van der Waals surface area contributed by atoms with Gasteiger partial charge in [0.2, 0.25) is 17.7 Å². The Morgan fingerprint density at radius 3 is 1.80 bits per heavy atom. The molecule has 0 bridgehead atoms. The summed E-state index contributed by atoms with van der Waals surface area (Å²) in [5.74, 6) is 2.05. The molecular weight excluding hydrogens is 472 g/mol. The van der Waals surface area contributed by atoms with Crippen LogP contribution >= 0.6 is 12.4 Å². The first-order valence-corrected chi connectivity index (χ1v) is 11.0. The molecule has 10 nitrogen and oxygen atoms in total.